The quantitative estimate of drug-likeness (QED) is 0.734. The molecule has 1 aromatic heterocycles. The lowest BCUT2D eigenvalue weighted by molar-refractivity contribution is 0.539. The second kappa shape index (κ2) is 4.28. The summed E-state index contributed by atoms with van der Waals surface area (Å²) >= 11 is 0. The molecule has 1 aromatic rings. The van der Waals surface area contributed by atoms with Crippen LogP contribution in [-0.2, 0) is 12.8 Å². The zero-order valence-electron chi connectivity index (χ0n) is 9.99. The number of aryl methyl sites for hydroxylation is 1. The van der Waals surface area contributed by atoms with Crippen LogP contribution in [0.1, 0.15) is 50.5 Å². The molecule has 2 N–H and O–H groups in total. The van der Waals surface area contributed by atoms with Crippen molar-refractivity contribution in [2.24, 2.45) is 0 Å². The fourth-order valence-corrected chi connectivity index (χ4v) is 2.42. The van der Waals surface area contributed by atoms with Crippen LogP contribution in [0.4, 0.5) is 5.82 Å². The molecule has 0 atom stereocenters. The lowest BCUT2D eigenvalue weighted by Crippen LogP contribution is -2.30. The van der Waals surface area contributed by atoms with E-state index in [4.69, 9.17) is 5.73 Å². The summed E-state index contributed by atoms with van der Waals surface area (Å²) < 4.78 is 1.82. The van der Waals surface area contributed by atoms with Crippen molar-refractivity contribution in [2.75, 3.05) is 5.73 Å². The molecule has 0 fully saturated rings. The molecule has 0 aliphatic heterocycles. The molecule has 4 nitrogen and oxygen atoms in total. The first-order chi connectivity index (χ1) is 7.61. The largest absolute Gasteiger partial charge is 0.379 e. The minimum atomic E-state index is -0.129. The summed E-state index contributed by atoms with van der Waals surface area (Å²) in [7, 11) is 0. The van der Waals surface area contributed by atoms with Crippen molar-refractivity contribution in [3.05, 3.63) is 21.7 Å². The van der Waals surface area contributed by atoms with Crippen molar-refractivity contribution in [1.82, 2.24) is 9.55 Å². The van der Waals surface area contributed by atoms with Crippen LogP contribution in [-0.4, -0.2) is 9.55 Å². The molecule has 2 rings (SSSR count). The van der Waals surface area contributed by atoms with E-state index >= 15 is 0 Å². The van der Waals surface area contributed by atoms with Crippen molar-refractivity contribution in [2.45, 2.75) is 52.0 Å². The number of aromatic nitrogens is 2. The average molecular weight is 221 g/mol. The molecular weight excluding hydrogens is 202 g/mol. The highest BCUT2D eigenvalue weighted by atomic mass is 16.1. The predicted octanol–water partition coefficient (Wildman–Crippen LogP) is 1.68. The first-order valence-corrected chi connectivity index (χ1v) is 6.01. The van der Waals surface area contributed by atoms with Crippen LogP contribution < -0.4 is 11.3 Å². The molecule has 0 aromatic carbocycles. The van der Waals surface area contributed by atoms with Gasteiger partial charge in [-0.15, -0.1) is 0 Å². The number of nitrogens with zero attached hydrogens (tertiary/aromatic N) is 2. The Balaban J connectivity index is 2.65. The van der Waals surface area contributed by atoms with Gasteiger partial charge in [-0.25, -0.2) is 4.98 Å². The van der Waals surface area contributed by atoms with E-state index in [9.17, 15) is 4.79 Å². The summed E-state index contributed by atoms with van der Waals surface area (Å²) in [5.74, 6) is 0.148. The van der Waals surface area contributed by atoms with Crippen molar-refractivity contribution in [3.8, 4) is 0 Å². The van der Waals surface area contributed by atoms with E-state index in [0.29, 0.717) is 0 Å². The van der Waals surface area contributed by atoms with E-state index in [-0.39, 0.29) is 17.4 Å². The molecule has 0 amide bonds. The van der Waals surface area contributed by atoms with Gasteiger partial charge >= 0.3 is 0 Å². The molecular formula is C12H19N3O. The third-order valence-electron chi connectivity index (χ3n) is 3.16. The topological polar surface area (TPSA) is 60.9 Å². The fourth-order valence-electron chi connectivity index (χ4n) is 2.42. The first kappa shape index (κ1) is 11.2. The van der Waals surface area contributed by atoms with E-state index in [0.717, 1.165) is 37.1 Å². The standard InChI is InChI=1S/C12H19N3O/c1-8(2)15-10-7-5-3-4-6-9(10)14-11(13)12(15)16/h8H,3-7H2,1-2H3,(H2,13,14). The Bertz CT molecular complexity index is 448. The van der Waals surface area contributed by atoms with Gasteiger partial charge in [-0.05, 0) is 39.5 Å². The Kier molecular flexibility index (Phi) is 2.99. The maximum atomic E-state index is 12.0. The lowest BCUT2D eigenvalue weighted by atomic mass is 10.2. The number of nitrogen functional groups attached to an aromatic ring is 1. The van der Waals surface area contributed by atoms with E-state index in [1.54, 1.807) is 0 Å². The molecule has 0 unspecified atom stereocenters. The molecule has 0 saturated carbocycles. The van der Waals surface area contributed by atoms with Crippen LogP contribution in [0.25, 0.3) is 0 Å². The molecule has 4 heteroatoms. The van der Waals surface area contributed by atoms with Gasteiger partial charge in [0.15, 0.2) is 5.82 Å². The van der Waals surface area contributed by atoms with Crippen LogP contribution in [0, 0.1) is 0 Å². The Morgan fingerprint density at radius 3 is 2.62 bits per heavy atom. The van der Waals surface area contributed by atoms with Crippen LogP contribution in [0.15, 0.2) is 4.79 Å². The van der Waals surface area contributed by atoms with Crippen molar-refractivity contribution in [3.63, 3.8) is 0 Å². The highest BCUT2D eigenvalue weighted by Gasteiger charge is 2.18. The monoisotopic (exact) mass is 221 g/mol. The summed E-state index contributed by atoms with van der Waals surface area (Å²) in [5, 5.41) is 0. The SMILES string of the molecule is CC(C)n1c2c(nc(N)c1=O)CCCCC2. The maximum absolute atomic E-state index is 12.0. The average Bonchev–Trinajstić information content (AvgIpc) is 2.44. The van der Waals surface area contributed by atoms with Gasteiger partial charge in [0.2, 0.25) is 0 Å². The van der Waals surface area contributed by atoms with Gasteiger partial charge in [-0.1, -0.05) is 6.42 Å². The molecule has 0 spiro atoms. The number of nitrogens with two attached hydrogens (primary N) is 1. The van der Waals surface area contributed by atoms with Crippen molar-refractivity contribution >= 4 is 5.82 Å². The molecule has 1 aliphatic rings. The second-order valence-electron chi connectivity index (χ2n) is 4.72. The van der Waals surface area contributed by atoms with Gasteiger partial charge in [0, 0.05) is 11.7 Å². The highest BCUT2D eigenvalue weighted by molar-refractivity contribution is 5.30. The lowest BCUT2D eigenvalue weighted by Gasteiger charge is -2.18. The van der Waals surface area contributed by atoms with Crippen LogP contribution in [0.5, 0.6) is 0 Å². The number of rotatable bonds is 1. The number of hydrogen-bond donors (Lipinski definition) is 1. The van der Waals surface area contributed by atoms with E-state index < -0.39 is 0 Å². The Hall–Kier alpha value is -1.32. The minimum Gasteiger partial charge on any atom is -0.379 e. The third-order valence-corrected chi connectivity index (χ3v) is 3.16. The minimum absolute atomic E-state index is 0.129. The molecule has 0 radical (unpaired) electrons. The van der Waals surface area contributed by atoms with Crippen molar-refractivity contribution in [1.29, 1.82) is 0 Å². The Morgan fingerprint density at radius 1 is 1.25 bits per heavy atom. The third kappa shape index (κ3) is 1.84. The van der Waals surface area contributed by atoms with Crippen molar-refractivity contribution < 1.29 is 0 Å². The zero-order valence-corrected chi connectivity index (χ0v) is 9.99. The van der Waals surface area contributed by atoms with Crippen LogP contribution >= 0.6 is 0 Å². The molecule has 16 heavy (non-hydrogen) atoms. The van der Waals surface area contributed by atoms with Gasteiger partial charge in [-0.3, -0.25) is 4.79 Å². The molecule has 1 heterocycles. The fraction of sp³-hybridized carbons (Fsp3) is 0.667. The van der Waals surface area contributed by atoms with Gasteiger partial charge in [0.05, 0.1) is 5.69 Å². The van der Waals surface area contributed by atoms with Gasteiger partial charge in [0.1, 0.15) is 0 Å². The first-order valence-electron chi connectivity index (χ1n) is 6.01. The summed E-state index contributed by atoms with van der Waals surface area (Å²) in [6.07, 6.45) is 5.41. The summed E-state index contributed by atoms with van der Waals surface area (Å²) in [5.41, 5.74) is 7.69. The molecule has 88 valence electrons. The zero-order chi connectivity index (χ0) is 11.7. The van der Waals surface area contributed by atoms with E-state index in [1.807, 2.05) is 18.4 Å². The Morgan fingerprint density at radius 2 is 1.94 bits per heavy atom. The highest BCUT2D eigenvalue weighted by Crippen LogP contribution is 2.20. The smallest absolute Gasteiger partial charge is 0.293 e. The molecule has 0 saturated heterocycles. The summed E-state index contributed by atoms with van der Waals surface area (Å²) in [6.45, 7) is 4.04. The maximum Gasteiger partial charge on any atom is 0.293 e. The summed E-state index contributed by atoms with van der Waals surface area (Å²) in [4.78, 5) is 16.2. The van der Waals surface area contributed by atoms with Gasteiger partial charge in [-0.2, -0.15) is 0 Å². The van der Waals surface area contributed by atoms with E-state index in [1.165, 1.54) is 6.42 Å². The van der Waals surface area contributed by atoms with Gasteiger partial charge < -0.3 is 10.3 Å². The van der Waals surface area contributed by atoms with E-state index in [2.05, 4.69) is 4.98 Å². The predicted molar refractivity (Wildman–Crippen MR) is 64.6 cm³/mol. The summed E-state index contributed by atoms with van der Waals surface area (Å²) in [6, 6.07) is 0.157. The number of hydrogen-bond acceptors (Lipinski definition) is 3. The van der Waals surface area contributed by atoms with Crippen LogP contribution in [0.3, 0.4) is 0 Å². The van der Waals surface area contributed by atoms with Gasteiger partial charge in [0.25, 0.3) is 5.56 Å². The molecule has 1 aliphatic carbocycles. The normalized spacial score (nSPS) is 15.9. The number of fused-ring (bicyclic) bond motifs is 1. The number of anilines is 1. The van der Waals surface area contributed by atoms with Crippen LogP contribution in [0.2, 0.25) is 0 Å². The molecule has 0 bridgehead atoms. The second-order valence-corrected chi connectivity index (χ2v) is 4.72. The Labute approximate surface area is 95.5 Å².